The van der Waals surface area contributed by atoms with Crippen LogP contribution in [0.15, 0.2) is 58.1 Å². The zero-order valence-electron chi connectivity index (χ0n) is 32.5. The van der Waals surface area contributed by atoms with Gasteiger partial charge >= 0.3 is 11.9 Å². The first-order chi connectivity index (χ1) is 27.4. The quantitative estimate of drug-likeness (QED) is 0.0433. The zero-order chi connectivity index (χ0) is 38.8. The molecule has 8 rings (SSSR count). The van der Waals surface area contributed by atoms with E-state index in [2.05, 4.69) is 26.0 Å². The molecule has 0 aliphatic heterocycles. The molecule has 2 aromatic carbocycles. The van der Waals surface area contributed by atoms with Crippen LogP contribution in [0.4, 0.5) is 0 Å². The molecule has 0 radical (unpaired) electrons. The maximum atomic E-state index is 14.3. The molecule has 8 aromatic rings. The highest BCUT2D eigenvalue weighted by molar-refractivity contribution is 7.19. The van der Waals surface area contributed by atoms with E-state index < -0.39 is 0 Å². The first kappa shape index (κ1) is 38.3. The first-order valence-corrected chi connectivity index (χ1v) is 22.3. The highest BCUT2D eigenvalue weighted by Crippen LogP contribution is 2.40. The van der Waals surface area contributed by atoms with Crippen molar-refractivity contribution in [2.45, 2.75) is 117 Å². The topological polar surface area (TPSA) is 95.6 Å². The van der Waals surface area contributed by atoms with Gasteiger partial charge in [-0.2, -0.15) is 0 Å². The predicted molar refractivity (Wildman–Crippen MR) is 232 cm³/mol. The van der Waals surface area contributed by atoms with E-state index in [-0.39, 0.29) is 23.1 Å². The van der Waals surface area contributed by atoms with Gasteiger partial charge in [0, 0.05) is 42.1 Å². The van der Waals surface area contributed by atoms with Crippen LogP contribution < -0.4 is 11.1 Å². The molecule has 0 saturated carbocycles. The number of esters is 2. The van der Waals surface area contributed by atoms with Crippen molar-refractivity contribution in [2.24, 2.45) is 0 Å². The smallest absolute Gasteiger partial charge is 0.306 e. The fourth-order valence-corrected chi connectivity index (χ4v) is 10.6. The standard InChI is InChI=1S/C46H50N2O6S2/c1-3-5-7-9-11-13-23-53-41(49)21-15-29-25-37-39(55-29)27-35-31-17-20-34-44-32(18-19-33(43(31)44)45(51)47(35)37)36-28-40-38(48(36)46(34)52)26-30(56-40)16-22-42(50)54-24-14-12-10-8-6-4-2/h17-20,25-28H,3-16,21-24H2,1-2H3. The maximum absolute atomic E-state index is 14.3. The number of carbonyl (C=O) groups is 2. The molecule has 0 aliphatic rings. The van der Waals surface area contributed by atoms with Crippen LogP contribution in [0.1, 0.15) is 113 Å². The van der Waals surface area contributed by atoms with Crippen molar-refractivity contribution in [1.82, 2.24) is 8.80 Å². The fraction of sp³-hybridized carbons (Fsp3) is 0.435. The number of carbonyl (C=O) groups excluding carboxylic acids is 2. The van der Waals surface area contributed by atoms with Crippen molar-refractivity contribution in [1.29, 1.82) is 0 Å². The molecule has 0 saturated heterocycles. The number of aromatic nitrogens is 2. The molecule has 0 spiro atoms. The Morgan fingerprint density at radius 3 is 1.34 bits per heavy atom. The summed E-state index contributed by atoms with van der Waals surface area (Å²) in [4.78, 5) is 55.6. The Kier molecular flexibility index (Phi) is 11.6. The monoisotopic (exact) mass is 790 g/mol. The van der Waals surface area contributed by atoms with Gasteiger partial charge in [0.15, 0.2) is 0 Å². The molecule has 292 valence electrons. The van der Waals surface area contributed by atoms with Gasteiger partial charge in [0.25, 0.3) is 11.1 Å². The lowest BCUT2D eigenvalue weighted by molar-refractivity contribution is -0.144. The summed E-state index contributed by atoms with van der Waals surface area (Å²) in [7, 11) is 0. The minimum Gasteiger partial charge on any atom is -0.466 e. The van der Waals surface area contributed by atoms with Crippen molar-refractivity contribution < 1.29 is 19.1 Å². The van der Waals surface area contributed by atoms with Crippen LogP contribution in [-0.2, 0) is 31.9 Å². The van der Waals surface area contributed by atoms with Gasteiger partial charge in [0.05, 0.1) is 57.5 Å². The van der Waals surface area contributed by atoms with Gasteiger partial charge in [-0.1, -0.05) is 90.2 Å². The Balaban J connectivity index is 1.02. The molecule has 10 heteroatoms. The van der Waals surface area contributed by atoms with E-state index in [1.807, 2.05) is 36.4 Å². The summed E-state index contributed by atoms with van der Waals surface area (Å²) in [6.45, 7) is 5.36. The second-order valence-electron chi connectivity index (χ2n) is 15.3. The van der Waals surface area contributed by atoms with E-state index in [9.17, 15) is 19.2 Å². The van der Waals surface area contributed by atoms with Gasteiger partial charge in [0.1, 0.15) is 0 Å². The van der Waals surface area contributed by atoms with Crippen molar-refractivity contribution in [2.75, 3.05) is 13.2 Å². The average molecular weight is 791 g/mol. The summed E-state index contributed by atoms with van der Waals surface area (Å²) in [5.41, 5.74) is 3.11. The molecule has 6 heterocycles. The maximum Gasteiger partial charge on any atom is 0.306 e. The molecule has 0 amide bonds. The van der Waals surface area contributed by atoms with Crippen LogP contribution in [0.25, 0.3) is 63.8 Å². The molecular weight excluding hydrogens is 741 g/mol. The molecule has 6 aromatic heterocycles. The van der Waals surface area contributed by atoms with Gasteiger partial charge in [0.2, 0.25) is 0 Å². The van der Waals surface area contributed by atoms with Crippen molar-refractivity contribution in [3.8, 4) is 0 Å². The Morgan fingerprint density at radius 1 is 0.518 bits per heavy atom. The third-order valence-electron chi connectivity index (χ3n) is 11.3. The van der Waals surface area contributed by atoms with Crippen LogP contribution in [0.5, 0.6) is 0 Å². The largest absolute Gasteiger partial charge is 0.466 e. The number of benzene rings is 2. The highest BCUT2D eigenvalue weighted by atomic mass is 32.1. The minimum absolute atomic E-state index is 0.113. The lowest BCUT2D eigenvalue weighted by Crippen LogP contribution is -2.16. The van der Waals surface area contributed by atoms with Crippen LogP contribution in [-0.4, -0.2) is 34.0 Å². The molecule has 0 N–H and O–H groups in total. The summed E-state index contributed by atoms with van der Waals surface area (Å²) in [5, 5.41) is 4.67. The van der Waals surface area contributed by atoms with E-state index in [1.54, 1.807) is 31.5 Å². The van der Waals surface area contributed by atoms with Crippen molar-refractivity contribution in [3.63, 3.8) is 0 Å². The van der Waals surface area contributed by atoms with E-state index in [1.165, 1.54) is 51.4 Å². The lowest BCUT2D eigenvalue weighted by atomic mass is 9.95. The van der Waals surface area contributed by atoms with Crippen LogP contribution in [0.3, 0.4) is 0 Å². The van der Waals surface area contributed by atoms with Crippen LogP contribution in [0.2, 0.25) is 0 Å². The van der Waals surface area contributed by atoms with Gasteiger partial charge in [-0.25, -0.2) is 0 Å². The summed E-state index contributed by atoms with van der Waals surface area (Å²) in [6.07, 6.45) is 15.6. The molecule has 8 nitrogen and oxygen atoms in total. The Hall–Kier alpha value is -4.54. The highest BCUT2D eigenvalue weighted by Gasteiger charge is 2.23. The number of ether oxygens (including phenoxy) is 2. The fourth-order valence-electron chi connectivity index (χ4n) is 8.42. The summed E-state index contributed by atoms with van der Waals surface area (Å²) >= 11 is 3.22. The number of aryl methyl sites for hydroxylation is 2. The molecule has 0 aliphatic carbocycles. The molecule has 0 bridgehead atoms. The molecule has 0 atom stereocenters. The number of thiophene rings is 2. The Bertz CT molecular complexity index is 2600. The van der Waals surface area contributed by atoms with Crippen LogP contribution in [0, 0.1) is 0 Å². The van der Waals surface area contributed by atoms with E-state index >= 15 is 0 Å². The Morgan fingerprint density at radius 2 is 0.911 bits per heavy atom. The normalized spacial score (nSPS) is 12.2. The van der Waals surface area contributed by atoms with E-state index in [0.29, 0.717) is 49.7 Å². The molecule has 0 unspecified atom stereocenters. The van der Waals surface area contributed by atoms with Gasteiger partial charge in [-0.3, -0.25) is 28.0 Å². The molecular formula is C46H50N2O6S2. The number of fused-ring (bicyclic) bond motifs is 8. The van der Waals surface area contributed by atoms with E-state index in [4.69, 9.17) is 9.47 Å². The first-order valence-electron chi connectivity index (χ1n) is 20.7. The van der Waals surface area contributed by atoms with Crippen LogP contribution >= 0.6 is 22.7 Å². The van der Waals surface area contributed by atoms with Gasteiger partial charge in [-0.15, -0.1) is 22.7 Å². The second kappa shape index (κ2) is 16.9. The number of unbranched alkanes of at least 4 members (excludes halogenated alkanes) is 10. The second-order valence-corrected chi connectivity index (χ2v) is 17.6. The molecule has 56 heavy (non-hydrogen) atoms. The number of rotatable bonds is 20. The predicted octanol–water partition coefficient (Wildman–Crippen LogP) is 11.3. The lowest BCUT2D eigenvalue weighted by Gasteiger charge is -2.13. The zero-order valence-corrected chi connectivity index (χ0v) is 34.1. The van der Waals surface area contributed by atoms with Crippen molar-refractivity contribution >= 4 is 98.4 Å². The number of nitrogens with zero attached hydrogens (tertiary/aromatic N) is 2. The minimum atomic E-state index is -0.178. The van der Waals surface area contributed by atoms with E-state index in [0.717, 1.165) is 88.4 Å². The molecule has 0 fully saturated rings. The number of hydrogen-bond donors (Lipinski definition) is 0. The van der Waals surface area contributed by atoms with Gasteiger partial charge in [-0.05, 0) is 62.1 Å². The van der Waals surface area contributed by atoms with Crippen molar-refractivity contribution in [3.05, 3.63) is 79.0 Å². The summed E-state index contributed by atoms with van der Waals surface area (Å²) in [6, 6.07) is 16.0. The average Bonchev–Trinajstić information content (AvgIpc) is 3.96. The number of pyridine rings is 2. The Labute approximate surface area is 333 Å². The SMILES string of the molecule is CCCCCCCCOC(=O)CCc1cc2c(cc3c4ccc5c(=O)n6c7cc(CCC(=O)OCCCCCCCC)sc7cc6c6ccc(c(=O)n23)c4c56)s1. The van der Waals surface area contributed by atoms with Gasteiger partial charge < -0.3 is 9.47 Å². The summed E-state index contributed by atoms with van der Waals surface area (Å²) in [5.74, 6) is -0.356. The number of hydrogen-bond acceptors (Lipinski definition) is 8. The third kappa shape index (κ3) is 7.38. The summed E-state index contributed by atoms with van der Waals surface area (Å²) < 4.78 is 16.6. The third-order valence-corrected chi connectivity index (χ3v) is 13.6.